The molecule has 8 heteroatoms. The van der Waals surface area contributed by atoms with Gasteiger partial charge in [0.2, 0.25) is 0 Å². The van der Waals surface area contributed by atoms with Crippen molar-refractivity contribution >= 4 is 31.4 Å². The molecule has 0 aliphatic carbocycles. The van der Waals surface area contributed by atoms with Crippen molar-refractivity contribution in [3.8, 4) is 0 Å². The number of H-pyrrole nitrogens is 1. The minimum atomic E-state index is -3.58. The van der Waals surface area contributed by atoms with Gasteiger partial charge in [-0.15, -0.1) is 11.3 Å². The fourth-order valence-corrected chi connectivity index (χ4v) is 6.55. The Hall–Kier alpha value is -2.81. The maximum Gasteiger partial charge on any atom is 0.259 e. The van der Waals surface area contributed by atoms with Crippen molar-refractivity contribution in [1.29, 1.82) is 0 Å². The van der Waals surface area contributed by atoms with E-state index in [4.69, 9.17) is 0 Å². The third kappa shape index (κ3) is 4.06. The number of thiophene rings is 1. The molecule has 2 aromatic carbocycles. The van der Waals surface area contributed by atoms with Crippen LogP contribution in [0.1, 0.15) is 21.8 Å². The topological polar surface area (TPSA) is 83.1 Å². The van der Waals surface area contributed by atoms with Crippen molar-refractivity contribution in [2.45, 2.75) is 30.2 Å². The summed E-state index contributed by atoms with van der Waals surface area (Å²) in [6.07, 6.45) is 0.786. The van der Waals surface area contributed by atoms with Gasteiger partial charge in [0.1, 0.15) is 16.4 Å². The number of nitrogens with zero attached hydrogens (tertiary/aromatic N) is 2. The number of sulfone groups is 1. The first-order chi connectivity index (χ1) is 15.0. The molecular weight excluding hydrogens is 430 g/mol. The van der Waals surface area contributed by atoms with Gasteiger partial charge in [0, 0.05) is 24.5 Å². The monoisotopic (exact) mass is 451 g/mol. The van der Waals surface area contributed by atoms with E-state index in [0.717, 1.165) is 36.5 Å². The Bertz CT molecular complexity index is 1390. The van der Waals surface area contributed by atoms with Gasteiger partial charge in [0.15, 0.2) is 9.84 Å². The van der Waals surface area contributed by atoms with Crippen LogP contribution in [0.3, 0.4) is 0 Å². The number of hydrogen-bond acceptors (Lipinski definition) is 6. The molecule has 1 N–H and O–H groups in total. The maximum atomic E-state index is 12.8. The summed E-state index contributed by atoms with van der Waals surface area (Å²) in [4.78, 5) is 24.4. The second-order valence-electron chi connectivity index (χ2n) is 7.71. The van der Waals surface area contributed by atoms with Crippen molar-refractivity contribution < 1.29 is 8.42 Å². The average Bonchev–Trinajstić information content (AvgIpc) is 3.12. The number of nitrogens with one attached hydrogen (secondary N) is 1. The summed E-state index contributed by atoms with van der Waals surface area (Å²) in [7, 11) is -3.58. The Morgan fingerprint density at radius 3 is 2.48 bits per heavy atom. The van der Waals surface area contributed by atoms with Gasteiger partial charge < -0.3 is 4.98 Å². The summed E-state index contributed by atoms with van der Waals surface area (Å²) in [5.41, 5.74) is 2.06. The Balaban J connectivity index is 1.43. The number of benzene rings is 2. The van der Waals surface area contributed by atoms with Crippen molar-refractivity contribution in [2.24, 2.45) is 0 Å². The third-order valence-corrected chi connectivity index (χ3v) is 8.27. The summed E-state index contributed by atoms with van der Waals surface area (Å²) in [5, 5.41) is 0.611. The normalized spacial score (nSPS) is 14.6. The average molecular weight is 452 g/mol. The van der Waals surface area contributed by atoms with E-state index in [-0.39, 0.29) is 22.0 Å². The van der Waals surface area contributed by atoms with Crippen LogP contribution in [0.2, 0.25) is 0 Å². The van der Waals surface area contributed by atoms with Gasteiger partial charge in [-0.2, -0.15) is 0 Å². The van der Waals surface area contributed by atoms with Crippen LogP contribution < -0.4 is 5.56 Å². The van der Waals surface area contributed by atoms with E-state index >= 15 is 0 Å². The van der Waals surface area contributed by atoms with Crippen molar-refractivity contribution in [2.75, 3.05) is 6.54 Å². The zero-order valence-corrected chi connectivity index (χ0v) is 18.4. The molecule has 1 aliphatic rings. The van der Waals surface area contributed by atoms with Crippen LogP contribution in [-0.4, -0.2) is 29.8 Å². The molecule has 0 fully saturated rings. The zero-order chi connectivity index (χ0) is 21.4. The highest BCUT2D eigenvalue weighted by molar-refractivity contribution is 7.90. The first kappa shape index (κ1) is 20.1. The summed E-state index contributed by atoms with van der Waals surface area (Å²) in [6, 6.07) is 18.6. The minimum absolute atomic E-state index is 0.182. The van der Waals surface area contributed by atoms with Gasteiger partial charge in [0.25, 0.3) is 5.56 Å². The molecule has 6 nitrogen and oxygen atoms in total. The molecule has 4 aromatic rings. The molecular formula is C23H21N3O3S2. The van der Waals surface area contributed by atoms with E-state index in [1.54, 1.807) is 30.3 Å². The van der Waals surface area contributed by atoms with Gasteiger partial charge in [0.05, 0.1) is 10.3 Å². The second kappa shape index (κ2) is 8.03. The van der Waals surface area contributed by atoms with Crippen LogP contribution in [0, 0.1) is 0 Å². The number of aromatic nitrogens is 2. The number of hydrogen-bond donors (Lipinski definition) is 1. The second-order valence-corrected chi connectivity index (χ2v) is 10.8. The number of rotatable bonds is 5. The fraction of sp³-hybridized carbons (Fsp3) is 0.217. The predicted molar refractivity (Wildman–Crippen MR) is 122 cm³/mol. The van der Waals surface area contributed by atoms with E-state index in [0.29, 0.717) is 10.2 Å². The molecule has 3 heterocycles. The lowest BCUT2D eigenvalue weighted by Gasteiger charge is -2.26. The van der Waals surface area contributed by atoms with E-state index in [9.17, 15) is 13.2 Å². The maximum absolute atomic E-state index is 12.8. The molecule has 0 saturated heterocycles. The van der Waals surface area contributed by atoms with E-state index < -0.39 is 9.84 Å². The van der Waals surface area contributed by atoms with Crippen molar-refractivity contribution in [3.63, 3.8) is 0 Å². The molecule has 0 atom stereocenters. The van der Waals surface area contributed by atoms with E-state index in [1.165, 1.54) is 16.9 Å². The highest BCUT2D eigenvalue weighted by Gasteiger charge is 2.25. The summed E-state index contributed by atoms with van der Waals surface area (Å²) < 4.78 is 25.4. The van der Waals surface area contributed by atoms with Gasteiger partial charge >= 0.3 is 0 Å². The molecule has 0 radical (unpaired) electrons. The largest absolute Gasteiger partial charge is 0.309 e. The fourth-order valence-electron chi connectivity index (χ4n) is 4.04. The predicted octanol–water partition coefficient (Wildman–Crippen LogP) is 3.52. The molecule has 0 amide bonds. The van der Waals surface area contributed by atoms with Crippen LogP contribution in [0.15, 0.2) is 70.4 Å². The number of fused-ring (bicyclic) bond motifs is 3. The lowest BCUT2D eigenvalue weighted by Crippen LogP contribution is -2.29. The Morgan fingerprint density at radius 1 is 1.03 bits per heavy atom. The molecule has 5 rings (SSSR count). The molecule has 0 bridgehead atoms. The lowest BCUT2D eigenvalue weighted by molar-refractivity contribution is 0.249. The minimum Gasteiger partial charge on any atom is -0.309 e. The van der Waals surface area contributed by atoms with Crippen LogP contribution >= 0.6 is 11.3 Å². The Kier molecular flexibility index (Phi) is 5.21. The Morgan fingerprint density at radius 2 is 1.74 bits per heavy atom. The molecule has 2 aromatic heterocycles. The van der Waals surface area contributed by atoms with E-state index in [1.807, 2.05) is 18.2 Å². The van der Waals surface area contributed by atoms with E-state index in [2.05, 4.69) is 27.0 Å². The molecule has 0 saturated carbocycles. The molecule has 31 heavy (non-hydrogen) atoms. The van der Waals surface area contributed by atoms with Crippen LogP contribution in [-0.2, 0) is 35.1 Å². The quantitative estimate of drug-likeness (QED) is 0.502. The van der Waals surface area contributed by atoms with Crippen molar-refractivity contribution in [3.05, 3.63) is 92.8 Å². The third-order valence-electron chi connectivity index (χ3n) is 5.52. The lowest BCUT2D eigenvalue weighted by atomic mass is 10.0. The summed E-state index contributed by atoms with van der Waals surface area (Å²) in [6.45, 7) is 2.50. The number of aromatic amines is 1. The molecule has 158 valence electrons. The zero-order valence-electron chi connectivity index (χ0n) is 16.7. The van der Waals surface area contributed by atoms with Crippen LogP contribution in [0.5, 0.6) is 0 Å². The standard InChI is InChI=1S/C23H21N3O3S2/c27-22-21-18-11-12-26(13-16-7-3-1-4-8-16)14-19(18)30-23(21)25-20(24-22)15-31(28,29)17-9-5-2-6-10-17/h1-10H,11-15H2,(H,24,25,27). The van der Waals surface area contributed by atoms with Gasteiger partial charge in [-0.05, 0) is 29.7 Å². The summed E-state index contributed by atoms with van der Waals surface area (Å²) in [5.74, 6) is -0.147. The van der Waals surface area contributed by atoms with Gasteiger partial charge in [-0.3, -0.25) is 9.69 Å². The van der Waals surface area contributed by atoms with Crippen molar-refractivity contribution in [1.82, 2.24) is 14.9 Å². The Labute approximate surface area is 184 Å². The molecule has 0 spiro atoms. The SMILES string of the molecule is O=c1[nH]c(CS(=O)(=O)c2ccccc2)nc2sc3c(c12)CCN(Cc1ccccc1)C3. The van der Waals surface area contributed by atoms with Crippen LogP contribution in [0.25, 0.3) is 10.2 Å². The first-order valence-corrected chi connectivity index (χ1v) is 12.5. The first-order valence-electron chi connectivity index (χ1n) is 10.1. The smallest absolute Gasteiger partial charge is 0.259 e. The highest BCUT2D eigenvalue weighted by Crippen LogP contribution is 2.33. The molecule has 0 unspecified atom stereocenters. The summed E-state index contributed by atoms with van der Waals surface area (Å²) >= 11 is 1.50. The highest BCUT2D eigenvalue weighted by atomic mass is 32.2. The molecule has 1 aliphatic heterocycles. The van der Waals surface area contributed by atoms with Crippen LogP contribution in [0.4, 0.5) is 0 Å². The van der Waals surface area contributed by atoms with Gasteiger partial charge in [-0.1, -0.05) is 48.5 Å². The van der Waals surface area contributed by atoms with Gasteiger partial charge in [-0.25, -0.2) is 13.4 Å².